The summed E-state index contributed by atoms with van der Waals surface area (Å²) in [5.74, 6) is 0.868. The molecule has 3 heteroatoms. The molecule has 1 saturated heterocycles. The Balaban J connectivity index is 1.97. The Morgan fingerprint density at radius 1 is 1.44 bits per heavy atom. The summed E-state index contributed by atoms with van der Waals surface area (Å²) >= 11 is 0. The van der Waals surface area contributed by atoms with Gasteiger partial charge in [0.25, 0.3) is 0 Å². The van der Waals surface area contributed by atoms with Gasteiger partial charge in [-0.15, -0.1) is 0 Å². The number of rotatable bonds is 3. The molecule has 2 fully saturated rings. The van der Waals surface area contributed by atoms with Crippen molar-refractivity contribution in [2.45, 2.75) is 44.2 Å². The van der Waals surface area contributed by atoms with Gasteiger partial charge in [-0.25, -0.2) is 0 Å². The molecule has 1 aliphatic heterocycles. The lowest BCUT2D eigenvalue weighted by atomic mass is 9.67. The Labute approximate surface area is 100.0 Å². The van der Waals surface area contributed by atoms with Gasteiger partial charge in [0.15, 0.2) is 0 Å². The third kappa shape index (κ3) is 2.13. The van der Waals surface area contributed by atoms with E-state index in [-0.39, 0.29) is 0 Å². The predicted octanol–water partition coefficient (Wildman–Crippen LogP) is 1.14. The number of hydrogen-bond donors (Lipinski definition) is 1. The largest absolute Gasteiger partial charge is 0.329 e. The quantitative estimate of drug-likeness (QED) is 0.782. The SMILES string of the molecule is CC1CC(CN)(N(C)C2CCCN(C)C2)C1. The average Bonchev–Trinajstić information content (AvgIpc) is 2.23. The summed E-state index contributed by atoms with van der Waals surface area (Å²) in [6.45, 7) is 5.64. The van der Waals surface area contributed by atoms with E-state index in [1.807, 2.05) is 0 Å². The zero-order valence-electron chi connectivity index (χ0n) is 11.1. The number of nitrogens with two attached hydrogens (primary N) is 1. The molecule has 1 unspecified atom stereocenters. The number of nitrogens with zero attached hydrogens (tertiary/aromatic N) is 2. The summed E-state index contributed by atoms with van der Waals surface area (Å²) in [6, 6.07) is 0.717. The third-order valence-electron chi connectivity index (χ3n) is 4.73. The second kappa shape index (κ2) is 4.63. The van der Waals surface area contributed by atoms with Crippen molar-refractivity contribution in [1.29, 1.82) is 0 Å². The summed E-state index contributed by atoms with van der Waals surface area (Å²) in [5, 5.41) is 0. The molecule has 1 aliphatic carbocycles. The van der Waals surface area contributed by atoms with Crippen LogP contribution in [0.2, 0.25) is 0 Å². The molecule has 1 saturated carbocycles. The van der Waals surface area contributed by atoms with Crippen LogP contribution >= 0.6 is 0 Å². The van der Waals surface area contributed by atoms with Gasteiger partial charge < -0.3 is 10.6 Å². The summed E-state index contributed by atoms with van der Waals surface area (Å²) < 4.78 is 0. The number of hydrogen-bond acceptors (Lipinski definition) is 3. The van der Waals surface area contributed by atoms with Crippen molar-refractivity contribution in [2.24, 2.45) is 11.7 Å². The molecule has 0 amide bonds. The first-order valence-electron chi connectivity index (χ1n) is 6.69. The summed E-state index contributed by atoms with van der Waals surface area (Å²) in [7, 11) is 4.53. The van der Waals surface area contributed by atoms with E-state index in [0.29, 0.717) is 5.54 Å². The molecule has 16 heavy (non-hydrogen) atoms. The smallest absolute Gasteiger partial charge is 0.0337 e. The lowest BCUT2D eigenvalue weighted by Crippen LogP contribution is -2.64. The van der Waals surface area contributed by atoms with E-state index in [9.17, 15) is 0 Å². The van der Waals surface area contributed by atoms with Crippen LogP contribution in [-0.2, 0) is 0 Å². The maximum Gasteiger partial charge on any atom is 0.0337 e. The van der Waals surface area contributed by atoms with Crippen LogP contribution in [0.15, 0.2) is 0 Å². The zero-order valence-corrected chi connectivity index (χ0v) is 11.1. The van der Waals surface area contributed by atoms with Crippen LogP contribution in [0.25, 0.3) is 0 Å². The van der Waals surface area contributed by atoms with E-state index >= 15 is 0 Å². The normalized spacial score (nSPS) is 41.1. The van der Waals surface area contributed by atoms with Gasteiger partial charge in [-0.2, -0.15) is 0 Å². The van der Waals surface area contributed by atoms with Crippen LogP contribution in [0.1, 0.15) is 32.6 Å². The van der Waals surface area contributed by atoms with Crippen molar-refractivity contribution < 1.29 is 0 Å². The van der Waals surface area contributed by atoms with Crippen LogP contribution in [-0.4, -0.2) is 55.1 Å². The minimum absolute atomic E-state index is 0.322. The van der Waals surface area contributed by atoms with E-state index < -0.39 is 0 Å². The highest BCUT2D eigenvalue weighted by atomic mass is 15.3. The van der Waals surface area contributed by atoms with Gasteiger partial charge in [-0.1, -0.05) is 6.92 Å². The first-order valence-corrected chi connectivity index (χ1v) is 6.69. The molecule has 0 aromatic carbocycles. The van der Waals surface area contributed by atoms with Crippen molar-refractivity contribution in [3.8, 4) is 0 Å². The van der Waals surface area contributed by atoms with E-state index in [1.165, 1.54) is 38.8 Å². The van der Waals surface area contributed by atoms with Gasteiger partial charge in [-0.3, -0.25) is 4.90 Å². The van der Waals surface area contributed by atoms with Gasteiger partial charge in [0.2, 0.25) is 0 Å². The van der Waals surface area contributed by atoms with Gasteiger partial charge >= 0.3 is 0 Å². The molecule has 0 radical (unpaired) electrons. The highest BCUT2D eigenvalue weighted by molar-refractivity contribution is 5.03. The molecule has 0 aromatic rings. The summed E-state index contributed by atoms with van der Waals surface area (Å²) in [4.78, 5) is 5.06. The molecule has 2 rings (SSSR count). The molecule has 1 heterocycles. The van der Waals surface area contributed by atoms with Crippen molar-refractivity contribution in [3.05, 3.63) is 0 Å². The van der Waals surface area contributed by atoms with Gasteiger partial charge in [0.1, 0.15) is 0 Å². The minimum atomic E-state index is 0.322. The summed E-state index contributed by atoms with van der Waals surface area (Å²) in [6.07, 6.45) is 5.26. The first-order chi connectivity index (χ1) is 7.57. The number of likely N-dealkylation sites (tertiary alicyclic amines) is 1. The second-order valence-electron chi connectivity index (χ2n) is 6.11. The van der Waals surface area contributed by atoms with Crippen molar-refractivity contribution >= 4 is 0 Å². The van der Waals surface area contributed by atoms with E-state index in [0.717, 1.165) is 18.5 Å². The molecular formula is C13H27N3. The molecule has 1 atom stereocenters. The van der Waals surface area contributed by atoms with Crippen LogP contribution < -0.4 is 5.73 Å². The average molecular weight is 225 g/mol. The molecular weight excluding hydrogens is 198 g/mol. The molecule has 0 bridgehead atoms. The fraction of sp³-hybridized carbons (Fsp3) is 1.00. The van der Waals surface area contributed by atoms with Crippen molar-refractivity contribution in [1.82, 2.24) is 9.80 Å². The van der Waals surface area contributed by atoms with Crippen LogP contribution in [0, 0.1) is 5.92 Å². The Hall–Kier alpha value is -0.120. The Bertz CT molecular complexity index is 235. The van der Waals surface area contributed by atoms with Gasteiger partial charge in [-0.05, 0) is 52.2 Å². The molecule has 0 aromatic heterocycles. The van der Waals surface area contributed by atoms with Crippen LogP contribution in [0.4, 0.5) is 0 Å². The zero-order chi connectivity index (χ0) is 11.8. The van der Waals surface area contributed by atoms with Crippen molar-refractivity contribution in [3.63, 3.8) is 0 Å². The first kappa shape index (κ1) is 12.3. The highest BCUT2D eigenvalue weighted by Crippen LogP contribution is 2.42. The number of likely N-dealkylation sites (N-methyl/N-ethyl adjacent to an activating group) is 2. The lowest BCUT2D eigenvalue weighted by Gasteiger charge is -2.55. The molecule has 2 aliphatic rings. The molecule has 2 N–H and O–H groups in total. The monoisotopic (exact) mass is 225 g/mol. The summed E-state index contributed by atoms with van der Waals surface area (Å²) in [5.41, 5.74) is 6.34. The minimum Gasteiger partial charge on any atom is -0.329 e. The highest BCUT2D eigenvalue weighted by Gasteiger charge is 2.46. The second-order valence-corrected chi connectivity index (χ2v) is 6.11. The van der Waals surface area contributed by atoms with Gasteiger partial charge in [0, 0.05) is 24.7 Å². The predicted molar refractivity (Wildman–Crippen MR) is 68.5 cm³/mol. The van der Waals surface area contributed by atoms with E-state index in [4.69, 9.17) is 5.73 Å². The Morgan fingerprint density at radius 3 is 2.62 bits per heavy atom. The maximum atomic E-state index is 6.02. The van der Waals surface area contributed by atoms with E-state index in [1.54, 1.807) is 0 Å². The third-order valence-corrected chi connectivity index (χ3v) is 4.73. The van der Waals surface area contributed by atoms with Gasteiger partial charge in [0.05, 0.1) is 0 Å². The number of piperidine rings is 1. The molecule has 0 spiro atoms. The Morgan fingerprint density at radius 2 is 2.12 bits per heavy atom. The fourth-order valence-electron chi connectivity index (χ4n) is 3.68. The fourth-order valence-corrected chi connectivity index (χ4v) is 3.68. The molecule has 3 nitrogen and oxygen atoms in total. The Kier molecular flexibility index (Phi) is 3.57. The van der Waals surface area contributed by atoms with Crippen molar-refractivity contribution in [2.75, 3.05) is 33.7 Å². The van der Waals surface area contributed by atoms with E-state index in [2.05, 4.69) is 30.8 Å². The standard InChI is InChI=1S/C13H27N3/c1-11-7-13(8-11,10-14)16(3)12-5-4-6-15(2)9-12/h11-12H,4-10,14H2,1-3H3. The maximum absolute atomic E-state index is 6.02. The molecule has 94 valence electrons. The van der Waals surface area contributed by atoms with Crippen LogP contribution in [0.5, 0.6) is 0 Å². The lowest BCUT2D eigenvalue weighted by molar-refractivity contribution is -0.0386. The topological polar surface area (TPSA) is 32.5 Å². The van der Waals surface area contributed by atoms with Crippen LogP contribution in [0.3, 0.4) is 0 Å².